The molecule has 0 aliphatic heterocycles. The second kappa shape index (κ2) is 6.85. The monoisotopic (exact) mass is 324 g/mol. The Balaban J connectivity index is 0.00000242. The van der Waals surface area contributed by atoms with Crippen LogP contribution in [-0.2, 0) is 11.8 Å². The van der Waals surface area contributed by atoms with Gasteiger partial charge >= 0.3 is 0 Å². The van der Waals surface area contributed by atoms with Crippen LogP contribution in [0.1, 0.15) is 20.8 Å². The number of rotatable bonds is 3. The van der Waals surface area contributed by atoms with Crippen LogP contribution in [0.15, 0.2) is 24.3 Å². The molecule has 0 fully saturated rings. The van der Waals surface area contributed by atoms with Crippen molar-refractivity contribution in [2.75, 3.05) is 5.32 Å². The summed E-state index contributed by atoms with van der Waals surface area (Å²) in [5.74, 6) is 0.418. The maximum Gasteiger partial charge on any atom is 0.241 e. The number of nitrogens with two attached hydrogens (primary N) is 1. The van der Waals surface area contributed by atoms with Gasteiger partial charge in [-0.3, -0.25) is 4.79 Å². The van der Waals surface area contributed by atoms with E-state index in [9.17, 15) is 4.79 Å². The number of benzene rings is 1. The summed E-state index contributed by atoms with van der Waals surface area (Å²) in [5.41, 5.74) is 7.14. The Bertz CT molecular complexity index is 649. The second-order valence-electron chi connectivity index (χ2n) is 6.04. The van der Waals surface area contributed by atoms with Crippen molar-refractivity contribution in [3.8, 4) is 11.4 Å². The molecule has 0 radical (unpaired) electrons. The van der Waals surface area contributed by atoms with E-state index in [1.54, 1.807) is 17.8 Å². The predicted molar refractivity (Wildman–Crippen MR) is 87.5 cm³/mol. The lowest BCUT2D eigenvalue weighted by molar-refractivity contribution is -0.119. The Morgan fingerprint density at radius 1 is 1.36 bits per heavy atom. The normalized spacial score (nSPS) is 12.4. The molecule has 0 spiro atoms. The Morgan fingerprint density at radius 3 is 2.59 bits per heavy atom. The molecule has 22 heavy (non-hydrogen) atoms. The number of amides is 1. The maximum absolute atomic E-state index is 12.1. The van der Waals surface area contributed by atoms with E-state index in [2.05, 4.69) is 20.8 Å². The summed E-state index contributed by atoms with van der Waals surface area (Å²) in [7, 11) is 1.76. The first-order chi connectivity index (χ1) is 9.79. The molecule has 0 unspecified atom stereocenters. The van der Waals surface area contributed by atoms with Crippen LogP contribution in [0.2, 0.25) is 0 Å². The molecule has 3 N–H and O–H groups in total. The number of tetrazole rings is 1. The minimum absolute atomic E-state index is 0. The van der Waals surface area contributed by atoms with Gasteiger partial charge in [0.15, 0.2) is 5.82 Å². The number of aromatic nitrogens is 4. The molecule has 0 saturated carbocycles. The molecule has 8 heteroatoms. The van der Waals surface area contributed by atoms with E-state index < -0.39 is 6.04 Å². The highest BCUT2D eigenvalue weighted by atomic mass is 35.5. The van der Waals surface area contributed by atoms with E-state index in [0.29, 0.717) is 11.5 Å². The fraction of sp³-hybridized carbons (Fsp3) is 0.429. The molecule has 2 aromatic rings. The molecule has 1 amide bonds. The number of nitrogens with zero attached hydrogens (tertiary/aromatic N) is 4. The third kappa shape index (κ3) is 4.02. The zero-order chi connectivity index (χ0) is 15.6. The van der Waals surface area contributed by atoms with Crippen LogP contribution in [-0.4, -0.2) is 32.2 Å². The van der Waals surface area contributed by atoms with Crippen molar-refractivity contribution in [1.29, 1.82) is 0 Å². The quantitative estimate of drug-likeness (QED) is 0.893. The molecule has 7 nitrogen and oxygen atoms in total. The van der Waals surface area contributed by atoms with Gasteiger partial charge in [-0.15, -0.1) is 17.5 Å². The highest BCUT2D eigenvalue weighted by molar-refractivity contribution is 5.95. The summed E-state index contributed by atoms with van der Waals surface area (Å²) in [6.45, 7) is 5.79. The molecule has 2 rings (SSSR count). The van der Waals surface area contributed by atoms with Gasteiger partial charge in [-0.25, -0.2) is 4.68 Å². The maximum atomic E-state index is 12.1. The van der Waals surface area contributed by atoms with Crippen molar-refractivity contribution in [2.45, 2.75) is 26.8 Å². The molecule has 1 aromatic heterocycles. The Hall–Kier alpha value is -1.99. The lowest BCUT2D eigenvalue weighted by atomic mass is 9.87. The zero-order valence-electron chi connectivity index (χ0n) is 13.1. The molecule has 1 heterocycles. The zero-order valence-corrected chi connectivity index (χ0v) is 13.9. The minimum atomic E-state index is -0.586. The van der Waals surface area contributed by atoms with Crippen molar-refractivity contribution in [3.63, 3.8) is 0 Å². The van der Waals surface area contributed by atoms with E-state index in [0.717, 1.165) is 5.56 Å². The first-order valence-corrected chi connectivity index (χ1v) is 6.68. The minimum Gasteiger partial charge on any atom is -0.325 e. The Morgan fingerprint density at radius 2 is 2.05 bits per heavy atom. The van der Waals surface area contributed by atoms with Crippen molar-refractivity contribution in [2.24, 2.45) is 18.2 Å². The molecular weight excluding hydrogens is 304 g/mol. The van der Waals surface area contributed by atoms with Gasteiger partial charge in [0.05, 0.1) is 6.04 Å². The molecule has 0 bridgehead atoms. The van der Waals surface area contributed by atoms with Crippen LogP contribution in [0, 0.1) is 5.41 Å². The van der Waals surface area contributed by atoms with Crippen LogP contribution in [0.4, 0.5) is 5.69 Å². The highest BCUT2D eigenvalue weighted by Gasteiger charge is 2.27. The molecule has 0 saturated heterocycles. The van der Waals surface area contributed by atoms with Gasteiger partial charge in [-0.1, -0.05) is 32.9 Å². The lowest BCUT2D eigenvalue weighted by Crippen LogP contribution is -2.45. The number of carbonyl (C=O) groups excluding carboxylic acids is 1. The van der Waals surface area contributed by atoms with Gasteiger partial charge in [0.25, 0.3) is 0 Å². The van der Waals surface area contributed by atoms with Crippen LogP contribution in [0.5, 0.6) is 0 Å². The fourth-order valence-corrected chi connectivity index (χ4v) is 1.82. The first kappa shape index (κ1) is 18.1. The number of anilines is 1. The average molecular weight is 325 g/mol. The van der Waals surface area contributed by atoms with Gasteiger partial charge in [0.2, 0.25) is 5.91 Å². The van der Waals surface area contributed by atoms with Gasteiger partial charge in [0, 0.05) is 18.3 Å². The molecule has 1 atom stereocenters. The SMILES string of the molecule is Cl.Cn1nnnc1-c1cccc(NC(=O)[C@@H](N)C(C)(C)C)c1. The van der Waals surface area contributed by atoms with E-state index in [1.165, 1.54) is 0 Å². The van der Waals surface area contributed by atoms with Crippen molar-refractivity contribution in [3.05, 3.63) is 24.3 Å². The summed E-state index contributed by atoms with van der Waals surface area (Å²) in [5, 5.41) is 14.2. The standard InChI is InChI=1S/C14H20N6O.ClH/c1-14(2,3)11(15)13(21)16-10-7-5-6-9(8-10)12-17-18-19-20(12)4;/h5-8,11H,15H2,1-4H3,(H,16,21);1H/t11-;/m1./s1. The third-order valence-electron chi connectivity index (χ3n) is 3.22. The fourth-order valence-electron chi connectivity index (χ4n) is 1.82. The molecule has 0 aliphatic carbocycles. The number of hydrogen-bond acceptors (Lipinski definition) is 5. The average Bonchev–Trinajstić information content (AvgIpc) is 2.83. The van der Waals surface area contributed by atoms with E-state index in [1.807, 2.05) is 39.0 Å². The van der Waals surface area contributed by atoms with E-state index >= 15 is 0 Å². The molecule has 0 aliphatic rings. The van der Waals surface area contributed by atoms with Crippen LogP contribution in [0.25, 0.3) is 11.4 Å². The summed E-state index contributed by atoms with van der Waals surface area (Å²) in [6, 6.07) is 6.75. The summed E-state index contributed by atoms with van der Waals surface area (Å²) in [6.07, 6.45) is 0. The van der Waals surface area contributed by atoms with Gasteiger partial charge in [-0.05, 0) is 28.0 Å². The van der Waals surface area contributed by atoms with Crippen LogP contribution >= 0.6 is 12.4 Å². The highest BCUT2D eigenvalue weighted by Crippen LogP contribution is 2.22. The first-order valence-electron chi connectivity index (χ1n) is 6.68. The van der Waals surface area contributed by atoms with Crippen LogP contribution in [0.3, 0.4) is 0 Å². The Labute approximate surface area is 135 Å². The van der Waals surface area contributed by atoms with Crippen molar-refractivity contribution >= 4 is 24.0 Å². The molecule has 1 aromatic carbocycles. The topological polar surface area (TPSA) is 98.7 Å². The number of aryl methyl sites for hydroxylation is 1. The summed E-state index contributed by atoms with van der Waals surface area (Å²) >= 11 is 0. The van der Waals surface area contributed by atoms with Crippen molar-refractivity contribution < 1.29 is 4.79 Å². The van der Waals surface area contributed by atoms with Crippen LogP contribution < -0.4 is 11.1 Å². The van der Waals surface area contributed by atoms with Gasteiger partial charge < -0.3 is 11.1 Å². The van der Waals surface area contributed by atoms with Crippen molar-refractivity contribution in [1.82, 2.24) is 20.2 Å². The smallest absolute Gasteiger partial charge is 0.241 e. The largest absolute Gasteiger partial charge is 0.325 e. The van der Waals surface area contributed by atoms with Gasteiger partial charge in [-0.2, -0.15) is 0 Å². The lowest BCUT2D eigenvalue weighted by Gasteiger charge is -2.25. The number of nitrogens with one attached hydrogen (secondary N) is 1. The van der Waals surface area contributed by atoms with E-state index in [-0.39, 0.29) is 23.7 Å². The predicted octanol–water partition coefficient (Wildman–Crippen LogP) is 1.61. The number of carbonyl (C=O) groups is 1. The summed E-state index contributed by atoms with van der Waals surface area (Å²) in [4.78, 5) is 12.1. The number of hydrogen-bond donors (Lipinski definition) is 2. The number of halogens is 1. The third-order valence-corrected chi connectivity index (χ3v) is 3.22. The van der Waals surface area contributed by atoms with Gasteiger partial charge in [0.1, 0.15) is 0 Å². The molecular formula is C14H21ClN6O. The second-order valence-corrected chi connectivity index (χ2v) is 6.04. The molecule has 120 valence electrons. The summed E-state index contributed by atoms with van der Waals surface area (Å²) < 4.78 is 1.57. The Kier molecular flexibility index (Phi) is 5.62. The van der Waals surface area contributed by atoms with E-state index in [4.69, 9.17) is 5.73 Å².